The quantitative estimate of drug-likeness (QED) is 0.170. The predicted molar refractivity (Wildman–Crippen MR) is 141 cm³/mol. The van der Waals surface area contributed by atoms with Crippen LogP contribution in [-0.4, -0.2) is 46.2 Å². The molecular formula is C25H27ClN6S. The van der Waals surface area contributed by atoms with Gasteiger partial charge in [0.05, 0.1) is 11.2 Å². The van der Waals surface area contributed by atoms with Gasteiger partial charge in [0.15, 0.2) is 5.15 Å². The molecule has 4 rings (SSSR count). The van der Waals surface area contributed by atoms with Crippen LogP contribution in [0.4, 0.5) is 11.5 Å². The second kappa shape index (κ2) is 10.8. The number of rotatable bonds is 9. The Morgan fingerprint density at radius 2 is 1.82 bits per heavy atom. The minimum Gasteiger partial charge on any atom is -0.363 e. The molecule has 1 unspecified atom stereocenters. The summed E-state index contributed by atoms with van der Waals surface area (Å²) in [5.74, 6) is 1.74. The first-order valence-corrected chi connectivity index (χ1v) is 12.1. The van der Waals surface area contributed by atoms with E-state index in [1.54, 1.807) is 24.5 Å². The minimum atomic E-state index is 0.111. The fourth-order valence-corrected chi connectivity index (χ4v) is 4.49. The number of nitrogens with one attached hydrogen (secondary N) is 2. The van der Waals surface area contributed by atoms with Crippen LogP contribution in [0.3, 0.4) is 0 Å². The summed E-state index contributed by atoms with van der Waals surface area (Å²) in [6.45, 7) is 3.10. The maximum Gasteiger partial charge on any atom is 0.152 e. The van der Waals surface area contributed by atoms with E-state index in [1.165, 1.54) is 5.56 Å². The summed E-state index contributed by atoms with van der Waals surface area (Å²) in [7, 11) is 4.12. The molecule has 0 aliphatic heterocycles. The third-order valence-corrected chi connectivity index (χ3v) is 6.34. The summed E-state index contributed by atoms with van der Waals surface area (Å²) < 4.78 is 3.33. The smallest absolute Gasteiger partial charge is 0.152 e. The highest BCUT2D eigenvalue weighted by molar-refractivity contribution is 8.00. The van der Waals surface area contributed by atoms with Gasteiger partial charge in [0, 0.05) is 35.5 Å². The highest BCUT2D eigenvalue weighted by Crippen LogP contribution is 2.32. The molecule has 2 N–H and O–H groups in total. The molecule has 6 nitrogen and oxygen atoms in total. The van der Waals surface area contributed by atoms with Gasteiger partial charge in [0.25, 0.3) is 0 Å². The molecule has 170 valence electrons. The fourth-order valence-electron chi connectivity index (χ4n) is 3.42. The molecule has 0 saturated heterocycles. The third-order valence-electron chi connectivity index (χ3n) is 5.28. The molecule has 0 spiro atoms. The number of nitrogens with zero attached hydrogens (tertiary/aromatic N) is 4. The molecule has 4 aromatic rings. The summed E-state index contributed by atoms with van der Waals surface area (Å²) in [5.41, 5.74) is 4.89. The van der Waals surface area contributed by atoms with Crippen LogP contribution >= 0.6 is 23.5 Å². The number of halogens is 1. The van der Waals surface area contributed by atoms with E-state index < -0.39 is 0 Å². The van der Waals surface area contributed by atoms with Crippen molar-refractivity contribution in [1.82, 2.24) is 19.9 Å². The molecule has 2 aromatic heterocycles. The zero-order chi connectivity index (χ0) is 23.2. The predicted octanol–water partition coefficient (Wildman–Crippen LogP) is 6.14. The van der Waals surface area contributed by atoms with Crippen LogP contribution in [-0.2, 0) is 0 Å². The van der Waals surface area contributed by atoms with Crippen LogP contribution in [0.25, 0.3) is 22.0 Å². The highest BCUT2D eigenvalue weighted by atomic mass is 35.5. The molecule has 2 heterocycles. The number of aromatic nitrogens is 3. The number of hydrogen-bond acceptors (Lipinski definition) is 7. The molecule has 2 aromatic carbocycles. The van der Waals surface area contributed by atoms with E-state index in [0.29, 0.717) is 5.15 Å². The number of hydrogen-bond donors (Lipinski definition) is 2. The molecule has 0 aliphatic rings. The van der Waals surface area contributed by atoms with Crippen LogP contribution in [0.2, 0.25) is 5.15 Å². The Morgan fingerprint density at radius 1 is 1.00 bits per heavy atom. The van der Waals surface area contributed by atoms with Crippen molar-refractivity contribution in [2.24, 2.45) is 0 Å². The lowest BCUT2D eigenvalue weighted by atomic mass is 10.0. The summed E-state index contributed by atoms with van der Waals surface area (Å²) in [5, 5.41) is 4.95. The molecule has 0 fully saturated rings. The molecule has 0 amide bonds. The molecule has 0 bridgehead atoms. The molecule has 8 heteroatoms. The van der Waals surface area contributed by atoms with Gasteiger partial charge >= 0.3 is 0 Å². The Hall–Kier alpha value is -2.87. The van der Waals surface area contributed by atoms with Crippen molar-refractivity contribution in [3.8, 4) is 11.1 Å². The van der Waals surface area contributed by atoms with E-state index >= 15 is 0 Å². The van der Waals surface area contributed by atoms with E-state index in [0.717, 1.165) is 45.8 Å². The van der Waals surface area contributed by atoms with Gasteiger partial charge in [-0.1, -0.05) is 59.9 Å². The van der Waals surface area contributed by atoms with Crippen molar-refractivity contribution < 1.29 is 0 Å². The molecule has 0 saturated carbocycles. The lowest BCUT2D eigenvalue weighted by Crippen LogP contribution is -2.15. The Kier molecular flexibility index (Phi) is 7.65. The zero-order valence-electron chi connectivity index (χ0n) is 18.9. The molecular weight excluding hydrogens is 452 g/mol. The average molecular weight is 479 g/mol. The number of fused-ring (bicyclic) bond motifs is 1. The van der Waals surface area contributed by atoms with E-state index in [2.05, 4.69) is 69.1 Å². The van der Waals surface area contributed by atoms with E-state index in [-0.39, 0.29) is 6.04 Å². The van der Waals surface area contributed by atoms with Gasteiger partial charge in [0.1, 0.15) is 12.1 Å². The first-order valence-electron chi connectivity index (χ1n) is 10.8. The Balaban J connectivity index is 1.60. The summed E-state index contributed by atoms with van der Waals surface area (Å²) in [6.07, 6.45) is 3.39. The maximum atomic E-state index is 6.33. The lowest BCUT2D eigenvalue weighted by Gasteiger charge is -2.16. The standard InChI is InChI=1S/C25H27ClN6S/c1-17(18-7-5-4-6-8-18)30-25-21-13-19(9-10-22(21)28-16-29-25)20-14-23(24(26)27-15-20)31-33-12-11-32(2)3/h4-10,13-17,31H,11-12H2,1-3H3,(H,28,29,30). The van der Waals surface area contributed by atoms with Crippen molar-refractivity contribution in [3.63, 3.8) is 0 Å². The first kappa shape index (κ1) is 23.3. The summed E-state index contributed by atoms with van der Waals surface area (Å²) in [4.78, 5) is 15.5. The highest BCUT2D eigenvalue weighted by Gasteiger charge is 2.12. The Morgan fingerprint density at radius 3 is 2.61 bits per heavy atom. The monoisotopic (exact) mass is 478 g/mol. The number of pyridine rings is 1. The van der Waals surface area contributed by atoms with E-state index in [1.807, 2.05) is 36.4 Å². The second-order valence-electron chi connectivity index (χ2n) is 8.05. The topological polar surface area (TPSA) is 66.0 Å². The van der Waals surface area contributed by atoms with Crippen LogP contribution < -0.4 is 10.0 Å². The van der Waals surface area contributed by atoms with Gasteiger partial charge in [-0.05, 0) is 50.3 Å². The number of anilines is 2. The first-order chi connectivity index (χ1) is 16.0. The van der Waals surface area contributed by atoms with Crippen molar-refractivity contribution >= 4 is 46.0 Å². The summed E-state index contributed by atoms with van der Waals surface area (Å²) in [6, 6.07) is 18.6. The van der Waals surface area contributed by atoms with Crippen molar-refractivity contribution in [1.29, 1.82) is 0 Å². The lowest BCUT2D eigenvalue weighted by molar-refractivity contribution is 0.437. The van der Waals surface area contributed by atoms with Crippen molar-refractivity contribution in [3.05, 3.63) is 77.8 Å². The Labute approximate surface area is 203 Å². The van der Waals surface area contributed by atoms with E-state index in [4.69, 9.17) is 11.6 Å². The molecule has 0 aliphatic carbocycles. The third kappa shape index (κ3) is 5.93. The van der Waals surface area contributed by atoms with Crippen molar-refractivity contribution in [2.45, 2.75) is 13.0 Å². The van der Waals surface area contributed by atoms with E-state index in [9.17, 15) is 0 Å². The van der Waals surface area contributed by atoms with Crippen LogP contribution in [0.1, 0.15) is 18.5 Å². The SMILES string of the molecule is CC(Nc1ncnc2ccc(-c3cnc(Cl)c(NSCCN(C)C)c3)cc12)c1ccccc1. The van der Waals surface area contributed by atoms with Gasteiger partial charge < -0.3 is 14.9 Å². The van der Waals surface area contributed by atoms with Crippen LogP contribution in [0.5, 0.6) is 0 Å². The average Bonchev–Trinajstić information content (AvgIpc) is 2.83. The Bertz CT molecular complexity index is 1220. The van der Waals surface area contributed by atoms with Crippen LogP contribution in [0, 0.1) is 0 Å². The molecule has 1 atom stereocenters. The van der Waals surface area contributed by atoms with Gasteiger partial charge in [-0.25, -0.2) is 15.0 Å². The minimum absolute atomic E-state index is 0.111. The largest absolute Gasteiger partial charge is 0.363 e. The zero-order valence-corrected chi connectivity index (χ0v) is 20.5. The van der Waals surface area contributed by atoms with Crippen molar-refractivity contribution in [2.75, 3.05) is 36.4 Å². The molecule has 0 radical (unpaired) electrons. The van der Waals surface area contributed by atoms with Gasteiger partial charge in [-0.15, -0.1) is 0 Å². The van der Waals surface area contributed by atoms with Gasteiger partial charge in [-0.3, -0.25) is 0 Å². The normalized spacial score (nSPS) is 12.2. The van der Waals surface area contributed by atoms with Crippen LogP contribution in [0.15, 0.2) is 67.1 Å². The second-order valence-corrected chi connectivity index (χ2v) is 9.31. The van der Waals surface area contributed by atoms with Gasteiger partial charge in [0.2, 0.25) is 0 Å². The summed E-state index contributed by atoms with van der Waals surface area (Å²) >= 11 is 7.95. The fraction of sp³-hybridized carbons (Fsp3) is 0.240. The maximum absolute atomic E-state index is 6.33. The van der Waals surface area contributed by atoms with Gasteiger partial charge in [-0.2, -0.15) is 0 Å². The molecule has 33 heavy (non-hydrogen) atoms. The number of benzene rings is 2.